The topological polar surface area (TPSA) is 68.7 Å². The Balaban J connectivity index is 2.91. The van der Waals surface area contributed by atoms with E-state index >= 15 is 0 Å². The number of methoxy groups -OCH3 is 1. The van der Waals surface area contributed by atoms with E-state index in [0.717, 1.165) is 11.3 Å². The van der Waals surface area contributed by atoms with Crippen LogP contribution in [-0.4, -0.2) is 36.8 Å². The summed E-state index contributed by atoms with van der Waals surface area (Å²) in [5.41, 5.74) is 0.870. The molecule has 0 aromatic carbocycles. The van der Waals surface area contributed by atoms with Gasteiger partial charge in [0.05, 0.1) is 12.6 Å². The summed E-state index contributed by atoms with van der Waals surface area (Å²) in [6.07, 6.45) is -0.571. The molecule has 1 aromatic rings. The molecule has 1 aromatic heterocycles. The molecule has 0 aliphatic heterocycles. The zero-order chi connectivity index (χ0) is 13.9. The van der Waals surface area contributed by atoms with Crippen LogP contribution in [0, 0.1) is 0 Å². The van der Waals surface area contributed by atoms with Crippen LogP contribution in [0.4, 0.5) is 10.6 Å². The molecule has 6 nitrogen and oxygen atoms in total. The number of anilines is 1. The Morgan fingerprint density at radius 1 is 1.39 bits per heavy atom. The van der Waals surface area contributed by atoms with Crippen molar-refractivity contribution in [2.75, 3.05) is 19.1 Å². The maximum absolute atomic E-state index is 11.8. The largest absolute Gasteiger partial charge is 0.465 e. The minimum Gasteiger partial charge on any atom is -0.465 e. The molecule has 0 atom stereocenters. The Hall–Kier alpha value is -1.63. The van der Waals surface area contributed by atoms with Crippen molar-refractivity contribution in [3.63, 3.8) is 0 Å². The lowest BCUT2D eigenvalue weighted by Crippen LogP contribution is -2.35. The second kappa shape index (κ2) is 5.34. The number of amides is 1. The summed E-state index contributed by atoms with van der Waals surface area (Å²) < 4.78 is 9.81. The number of carbonyl (C=O) groups is 2. The quantitative estimate of drug-likeness (QED) is 0.773. The SMILES string of the molecule is COC(=O)c1scnc1N(C)C(=O)OC(C)(C)C. The van der Waals surface area contributed by atoms with Crippen molar-refractivity contribution in [1.82, 2.24) is 4.98 Å². The van der Waals surface area contributed by atoms with Crippen LogP contribution in [0.15, 0.2) is 5.51 Å². The first-order valence-corrected chi connectivity index (χ1v) is 6.12. The summed E-state index contributed by atoms with van der Waals surface area (Å²) in [6.45, 7) is 5.29. The first kappa shape index (κ1) is 14.4. The van der Waals surface area contributed by atoms with Crippen molar-refractivity contribution in [3.8, 4) is 0 Å². The number of esters is 1. The second-order valence-corrected chi connectivity index (χ2v) is 5.39. The summed E-state index contributed by atoms with van der Waals surface area (Å²) in [4.78, 5) is 28.8. The Morgan fingerprint density at radius 3 is 2.50 bits per heavy atom. The maximum atomic E-state index is 11.8. The van der Waals surface area contributed by atoms with Gasteiger partial charge in [0.15, 0.2) is 10.7 Å². The third-order valence-corrected chi connectivity index (χ3v) is 2.70. The van der Waals surface area contributed by atoms with Crippen LogP contribution in [0.2, 0.25) is 0 Å². The number of ether oxygens (including phenoxy) is 2. The number of carbonyl (C=O) groups excluding carboxylic acids is 2. The van der Waals surface area contributed by atoms with Gasteiger partial charge in [0.2, 0.25) is 0 Å². The van der Waals surface area contributed by atoms with Gasteiger partial charge < -0.3 is 9.47 Å². The highest BCUT2D eigenvalue weighted by molar-refractivity contribution is 7.12. The predicted octanol–water partition coefficient (Wildman–Crippen LogP) is 2.30. The van der Waals surface area contributed by atoms with E-state index in [1.807, 2.05) is 0 Å². The lowest BCUT2D eigenvalue weighted by Gasteiger charge is -2.23. The van der Waals surface area contributed by atoms with Crippen molar-refractivity contribution in [1.29, 1.82) is 0 Å². The molecule has 0 unspecified atom stereocenters. The summed E-state index contributed by atoms with van der Waals surface area (Å²) in [5, 5.41) is 0. The Morgan fingerprint density at radius 2 is 2.00 bits per heavy atom. The van der Waals surface area contributed by atoms with Gasteiger partial charge in [-0.15, -0.1) is 11.3 Å². The predicted molar refractivity (Wildman–Crippen MR) is 68.1 cm³/mol. The van der Waals surface area contributed by atoms with Gasteiger partial charge in [-0.05, 0) is 20.8 Å². The molecular formula is C11H16N2O4S. The molecule has 0 N–H and O–H groups in total. The zero-order valence-corrected chi connectivity index (χ0v) is 11.8. The minimum absolute atomic E-state index is 0.237. The van der Waals surface area contributed by atoms with E-state index in [1.54, 1.807) is 20.8 Å². The number of thiazole rings is 1. The Bertz CT molecular complexity index is 450. The van der Waals surface area contributed by atoms with Crippen molar-refractivity contribution in [2.24, 2.45) is 0 Å². The van der Waals surface area contributed by atoms with Crippen molar-refractivity contribution < 1.29 is 19.1 Å². The lowest BCUT2D eigenvalue weighted by molar-refractivity contribution is 0.0587. The highest BCUT2D eigenvalue weighted by Gasteiger charge is 2.26. The van der Waals surface area contributed by atoms with E-state index in [2.05, 4.69) is 9.72 Å². The number of nitrogens with zero attached hydrogens (tertiary/aromatic N) is 2. The third-order valence-electron chi connectivity index (χ3n) is 1.90. The molecule has 18 heavy (non-hydrogen) atoms. The maximum Gasteiger partial charge on any atom is 0.415 e. The molecule has 0 saturated carbocycles. The van der Waals surface area contributed by atoms with Gasteiger partial charge in [-0.1, -0.05) is 0 Å². The summed E-state index contributed by atoms with van der Waals surface area (Å²) in [6, 6.07) is 0. The van der Waals surface area contributed by atoms with Gasteiger partial charge in [0.25, 0.3) is 0 Å². The Kier molecular flexibility index (Phi) is 4.28. The van der Waals surface area contributed by atoms with E-state index in [4.69, 9.17) is 4.74 Å². The monoisotopic (exact) mass is 272 g/mol. The molecular weight excluding hydrogens is 256 g/mol. The number of aromatic nitrogens is 1. The summed E-state index contributed by atoms with van der Waals surface area (Å²) in [7, 11) is 2.77. The molecule has 0 saturated heterocycles. The molecule has 0 bridgehead atoms. The first-order chi connectivity index (χ1) is 8.26. The Labute approximate surface area is 110 Å². The molecule has 0 spiro atoms. The average molecular weight is 272 g/mol. The van der Waals surface area contributed by atoms with Crippen molar-refractivity contribution in [2.45, 2.75) is 26.4 Å². The molecule has 100 valence electrons. The molecule has 1 amide bonds. The van der Waals surface area contributed by atoms with Crippen LogP contribution < -0.4 is 4.90 Å². The van der Waals surface area contributed by atoms with Crippen LogP contribution in [0.5, 0.6) is 0 Å². The van der Waals surface area contributed by atoms with E-state index in [1.165, 1.54) is 24.6 Å². The third kappa shape index (κ3) is 3.43. The van der Waals surface area contributed by atoms with E-state index < -0.39 is 17.7 Å². The number of hydrogen-bond acceptors (Lipinski definition) is 6. The van der Waals surface area contributed by atoms with Gasteiger partial charge in [0, 0.05) is 7.05 Å². The fourth-order valence-electron chi connectivity index (χ4n) is 1.13. The molecule has 0 radical (unpaired) electrons. The normalized spacial score (nSPS) is 10.9. The van der Waals surface area contributed by atoms with Crippen LogP contribution in [0.1, 0.15) is 30.4 Å². The zero-order valence-electron chi connectivity index (χ0n) is 11.0. The smallest absolute Gasteiger partial charge is 0.415 e. The highest BCUT2D eigenvalue weighted by atomic mass is 32.1. The molecule has 0 aliphatic carbocycles. The molecule has 7 heteroatoms. The average Bonchev–Trinajstić information content (AvgIpc) is 2.73. The van der Waals surface area contributed by atoms with Crippen LogP contribution in [-0.2, 0) is 9.47 Å². The lowest BCUT2D eigenvalue weighted by atomic mass is 10.2. The number of hydrogen-bond donors (Lipinski definition) is 0. The fraction of sp³-hybridized carbons (Fsp3) is 0.545. The fourth-order valence-corrected chi connectivity index (χ4v) is 1.86. The molecule has 1 heterocycles. The highest BCUT2D eigenvalue weighted by Crippen LogP contribution is 2.24. The van der Waals surface area contributed by atoms with Gasteiger partial charge in [0.1, 0.15) is 5.60 Å². The minimum atomic E-state index is -0.604. The van der Waals surface area contributed by atoms with Crippen LogP contribution in [0.3, 0.4) is 0 Å². The summed E-state index contributed by atoms with van der Waals surface area (Å²) in [5.74, 6) is -0.288. The standard InChI is InChI=1S/C11H16N2O4S/c1-11(2,3)17-10(15)13(4)8-7(9(14)16-5)18-6-12-8/h6H,1-5H3. The van der Waals surface area contributed by atoms with Gasteiger partial charge in [-0.25, -0.2) is 14.6 Å². The van der Waals surface area contributed by atoms with Gasteiger partial charge in [-0.3, -0.25) is 4.90 Å². The van der Waals surface area contributed by atoms with Gasteiger partial charge >= 0.3 is 12.1 Å². The second-order valence-electron chi connectivity index (χ2n) is 4.54. The molecule has 0 aliphatic rings. The van der Waals surface area contributed by atoms with E-state index in [9.17, 15) is 9.59 Å². The summed E-state index contributed by atoms with van der Waals surface area (Å²) >= 11 is 1.11. The molecule has 0 fully saturated rings. The van der Waals surface area contributed by atoms with Crippen LogP contribution >= 0.6 is 11.3 Å². The van der Waals surface area contributed by atoms with Gasteiger partial charge in [-0.2, -0.15) is 0 Å². The van der Waals surface area contributed by atoms with E-state index in [0.29, 0.717) is 0 Å². The number of rotatable bonds is 2. The molecule has 1 rings (SSSR count). The van der Waals surface area contributed by atoms with Crippen molar-refractivity contribution >= 4 is 29.2 Å². The first-order valence-electron chi connectivity index (χ1n) is 5.24. The van der Waals surface area contributed by atoms with Crippen LogP contribution in [0.25, 0.3) is 0 Å². The van der Waals surface area contributed by atoms with E-state index in [-0.39, 0.29) is 10.7 Å². The van der Waals surface area contributed by atoms with Crippen molar-refractivity contribution in [3.05, 3.63) is 10.4 Å².